The lowest BCUT2D eigenvalue weighted by atomic mass is 10.1. The molecule has 1 aliphatic rings. The number of pyridine rings is 1. The number of piperazine rings is 1. The molecule has 2 N–H and O–H groups in total. The second-order valence-corrected chi connectivity index (χ2v) is 8.42. The topological polar surface area (TPSA) is 95.4 Å². The number of amides is 2. The first-order valence-electron chi connectivity index (χ1n) is 11.8. The molecule has 0 aliphatic carbocycles. The summed E-state index contributed by atoms with van der Waals surface area (Å²) < 4.78 is 15.2. The van der Waals surface area contributed by atoms with E-state index in [0.717, 1.165) is 44.0 Å². The highest BCUT2D eigenvalue weighted by atomic mass is 19.1. The van der Waals surface area contributed by atoms with Crippen molar-refractivity contribution in [2.75, 3.05) is 44.2 Å². The Morgan fingerprint density at radius 2 is 1.74 bits per heavy atom. The van der Waals surface area contributed by atoms with Crippen LogP contribution in [0.4, 0.5) is 10.1 Å². The summed E-state index contributed by atoms with van der Waals surface area (Å²) >= 11 is 0. The molecule has 1 aromatic carbocycles. The van der Waals surface area contributed by atoms with E-state index in [9.17, 15) is 14.0 Å². The molecule has 9 nitrogen and oxygen atoms in total. The molecular formula is C25H30FN7O2. The molecular weight excluding hydrogens is 449 g/mol. The van der Waals surface area contributed by atoms with Crippen molar-refractivity contribution in [3.05, 3.63) is 78.9 Å². The minimum absolute atomic E-state index is 0.114. The van der Waals surface area contributed by atoms with Crippen LogP contribution in [0.3, 0.4) is 0 Å². The zero-order chi connectivity index (χ0) is 24.5. The van der Waals surface area contributed by atoms with Crippen molar-refractivity contribution < 1.29 is 14.0 Å². The molecule has 0 spiro atoms. The Labute approximate surface area is 204 Å². The third-order valence-electron chi connectivity index (χ3n) is 6.12. The van der Waals surface area contributed by atoms with E-state index < -0.39 is 11.8 Å². The second-order valence-electron chi connectivity index (χ2n) is 8.42. The summed E-state index contributed by atoms with van der Waals surface area (Å²) in [6.45, 7) is 4.47. The van der Waals surface area contributed by atoms with Crippen LogP contribution in [0.25, 0.3) is 0 Å². The molecule has 3 heterocycles. The summed E-state index contributed by atoms with van der Waals surface area (Å²) in [6, 6.07) is 10.3. The van der Waals surface area contributed by atoms with E-state index in [1.165, 1.54) is 12.1 Å². The molecule has 1 atom stereocenters. The number of aromatic nitrogens is 3. The summed E-state index contributed by atoms with van der Waals surface area (Å²) in [5, 5.41) is 5.46. The Hall–Kier alpha value is -3.79. The normalized spacial score (nSPS) is 14.9. The quantitative estimate of drug-likeness (QED) is 0.358. The maximum Gasteiger partial charge on any atom is 0.309 e. The highest BCUT2D eigenvalue weighted by Crippen LogP contribution is 2.23. The molecule has 0 saturated carbocycles. The van der Waals surface area contributed by atoms with Crippen LogP contribution in [0.2, 0.25) is 0 Å². The molecule has 1 saturated heterocycles. The van der Waals surface area contributed by atoms with Gasteiger partial charge in [0.05, 0.1) is 12.4 Å². The molecule has 10 heteroatoms. The van der Waals surface area contributed by atoms with Crippen molar-refractivity contribution in [2.45, 2.75) is 19.0 Å². The highest BCUT2D eigenvalue weighted by Gasteiger charge is 2.26. The minimum Gasteiger partial charge on any atom is -0.369 e. The van der Waals surface area contributed by atoms with Gasteiger partial charge in [0.25, 0.3) is 0 Å². The van der Waals surface area contributed by atoms with Crippen molar-refractivity contribution >= 4 is 17.5 Å². The number of nitrogens with zero attached hydrogens (tertiary/aromatic N) is 5. The summed E-state index contributed by atoms with van der Waals surface area (Å²) in [6.07, 6.45) is 9.47. The Balaban J connectivity index is 1.29. The Morgan fingerprint density at radius 3 is 2.43 bits per heavy atom. The largest absolute Gasteiger partial charge is 0.369 e. The number of benzene rings is 1. The summed E-state index contributed by atoms with van der Waals surface area (Å²) in [5.74, 6) is -1.53. The van der Waals surface area contributed by atoms with Crippen molar-refractivity contribution in [1.82, 2.24) is 30.1 Å². The molecule has 35 heavy (non-hydrogen) atoms. The molecule has 4 rings (SSSR count). The first kappa shape index (κ1) is 24.3. The van der Waals surface area contributed by atoms with Crippen LogP contribution in [0, 0.1) is 5.82 Å². The van der Waals surface area contributed by atoms with Crippen LogP contribution in [0.15, 0.2) is 67.5 Å². The maximum absolute atomic E-state index is 13.3. The number of hydrogen-bond acceptors (Lipinski definition) is 6. The Kier molecular flexibility index (Phi) is 8.39. The first-order chi connectivity index (χ1) is 17.1. The standard InChI is InChI=1S/C25H30FN7O2/c26-21-4-6-22(7-5-21)32-13-15-33(16-14-32)23(20-3-1-8-27-17-20)18-30-25(35)24(34)29-9-2-11-31-12-10-28-19-31/h1,3-8,10,12,17,19,23H,2,9,11,13-16,18H2,(H,29,34)(H,30,35)/t23-/m0/s1. The maximum atomic E-state index is 13.3. The van der Waals surface area contributed by atoms with Crippen molar-refractivity contribution in [2.24, 2.45) is 0 Å². The van der Waals surface area contributed by atoms with Gasteiger partial charge in [0.2, 0.25) is 0 Å². The van der Waals surface area contributed by atoms with Crippen LogP contribution in [0.5, 0.6) is 0 Å². The summed E-state index contributed by atoms with van der Waals surface area (Å²) in [5.41, 5.74) is 1.96. The van der Waals surface area contributed by atoms with Gasteiger partial charge in [0.1, 0.15) is 5.82 Å². The lowest BCUT2D eigenvalue weighted by Gasteiger charge is -2.40. The number of rotatable bonds is 9. The molecule has 184 valence electrons. The van der Waals surface area contributed by atoms with Gasteiger partial charge in [-0.3, -0.25) is 19.5 Å². The predicted molar refractivity (Wildman–Crippen MR) is 130 cm³/mol. The average Bonchev–Trinajstić information content (AvgIpc) is 3.42. The molecule has 2 amide bonds. The lowest BCUT2D eigenvalue weighted by Crippen LogP contribution is -2.51. The summed E-state index contributed by atoms with van der Waals surface area (Å²) in [4.78, 5) is 37.4. The molecule has 1 aliphatic heterocycles. The van der Waals surface area contributed by atoms with E-state index >= 15 is 0 Å². The fourth-order valence-corrected chi connectivity index (χ4v) is 4.21. The number of carbonyl (C=O) groups excluding carboxylic acids is 2. The average molecular weight is 480 g/mol. The van der Waals surface area contributed by atoms with Crippen molar-refractivity contribution in [1.29, 1.82) is 0 Å². The Morgan fingerprint density at radius 1 is 0.971 bits per heavy atom. The second kappa shape index (κ2) is 12.1. The number of anilines is 1. The Bertz CT molecular complexity index is 1070. The zero-order valence-electron chi connectivity index (χ0n) is 19.5. The van der Waals surface area contributed by atoms with Gasteiger partial charge in [-0.25, -0.2) is 9.37 Å². The van der Waals surface area contributed by atoms with Crippen molar-refractivity contribution in [3.63, 3.8) is 0 Å². The van der Waals surface area contributed by atoms with Crippen LogP contribution in [-0.2, 0) is 16.1 Å². The van der Waals surface area contributed by atoms with Gasteiger partial charge in [-0.15, -0.1) is 0 Å². The monoisotopic (exact) mass is 479 g/mol. The van der Waals surface area contributed by atoms with Crippen LogP contribution in [0.1, 0.15) is 18.0 Å². The fraction of sp³-hybridized carbons (Fsp3) is 0.360. The van der Waals surface area contributed by atoms with E-state index in [0.29, 0.717) is 19.5 Å². The highest BCUT2D eigenvalue weighted by molar-refractivity contribution is 6.35. The summed E-state index contributed by atoms with van der Waals surface area (Å²) in [7, 11) is 0. The molecule has 1 fully saturated rings. The number of hydrogen-bond donors (Lipinski definition) is 2. The SMILES string of the molecule is O=C(NCCCn1ccnc1)C(=O)NC[C@@H](c1cccnc1)N1CCN(c2ccc(F)cc2)CC1. The van der Waals surface area contributed by atoms with Crippen LogP contribution >= 0.6 is 0 Å². The van der Waals surface area contributed by atoms with Gasteiger partial charge in [0, 0.05) is 76.3 Å². The number of nitrogens with one attached hydrogen (secondary N) is 2. The van der Waals surface area contributed by atoms with E-state index in [1.54, 1.807) is 37.1 Å². The van der Waals surface area contributed by atoms with Gasteiger partial charge in [-0.05, 0) is 42.3 Å². The number of imidazole rings is 1. The van der Waals surface area contributed by atoms with E-state index in [1.807, 2.05) is 22.9 Å². The fourth-order valence-electron chi connectivity index (χ4n) is 4.21. The number of aryl methyl sites for hydroxylation is 1. The minimum atomic E-state index is -0.647. The number of halogens is 1. The third-order valence-corrected chi connectivity index (χ3v) is 6.12. The van der Waals surface area contributed by atoms with E-state index in [-0.39, 0.29) is 11.9 Å². The van der Waals surface area contributed by atoms with Gasteiger partial charge in [-0.1, -0.05) is 6.07 Å². The lowest BCUT2D eigenvalue weighted by molar-refractivity contribution is -0.139. The van der Waals surface area contributed by atoms with Crippen LogP contribution in [-0.4, -0.2) is 70.5 Å². The molecule has 0 radical (unpaired) electrons. The first-order valence-corrected chi connectivity index (χ1v) is 11.8. The van der Waals surface area contributed by atoms with Gasteiger partial charge < -0.3 is 20.1 Å². The van der Waals surface area contributed by atoms with E-state index in [4.69, 9.17) is 0 Å². The zero-order valence-corrected chi connectivity index (χ0v) is 19.5. The van der Waals surface area contributed by atoms with Crippen molar-refractivity contribution in [3.8, 4) is 0 Å². The van der Waals surface area contributed by atoms with Gasteiger partial charge >= 0.3 is 11.8 Å². The molecule has 0 bridgehead atoms. The molecule has 2 aromatic heterocycles. The third kappa shape index (κ3) is 6.86. The van der Waals surface area contributed by atoms with Crippen LogP contribution < -0.4 is 15.5 Å². The predicted octanol–water partition coefficient (Wildman–Crippen LogP) is 1.60. The number of carbonyl (C=O) groups is 2. The molecule has 3 aromatic rings. The van der Waals surface area contributed by atoms with Gasteiger partial charge in [-0.2, -0.15) is 0 Å². The van der Waals surface area contributed by atoms with Gasteiger partial charge in [0.15, 0.2) is 0 Å². The molecule has 0 unspecified atom stereocenters. The van der Waals surface area contributed by atoms with E-state index in [2.05, 4.69) is 30.4 Å². The smallest absolute Gasteiger partial charge is 0.309 e.